The fourth-order valence-corrected chi connectivity index (χ4v) is 3.60. The van der Waals surface area contributed by atoms with Crippen LogP contribution in [0.1, 0.15) is 16.4 Å². The maximum absolute atomic E-state index is 12.8. The molecule has 5 heteroatoms. The van der Waals surface area contributed by atoms with Crippen molar-refractivity contribution >= 4 is 23.6 Å². The smallest absolute Gasteiger partial charge is 0.256 e. The predicted molar refractivity (Wildman–Crippen MR) is 108 cm³/mol. The zero-order chi connectivity index (χ0) is 18.9. The molecule has 2 N–H and O–H groups in total. The summed E-state index contributed by atoms with van der Waals surface area (Å²) in [5.41, 5.74) is 6.84. The van der Waals surface area contributed by atoms with E-state index >= 15 is 0 Å². The first kappa shape index (κ1) is 18.7. The Morgan fingerprint density at radius 2 is 1.30 bits per heavy atom. The lowest BCUT2D eigenvalue weighted by molar-refractivity contribution is -0.128. The molecule has 27 heavy (non-hydrogen) atoms. The fraction of sp³-hybridized carbons (Fsp3) is 0.0909. The Kier molecular flexibility index (Phi) is 6.66. The molecule has 0 fully saturated rings. The fourth-order valence-electron chi connectivity index (χ4n) is 2.56. The maximum Gasteiger partial charge on any atom is 0.256 e. The molecule has 0 aromatic heterocycles. The SMILES string of the molecule is O=C(Cc1ccccc1)NNC(=O)[C@H](Sc1ccccc1)c1ccccc1. The Labute approximate surface area is 163 Å². The van der Waals surface area contributed by atoms with Gasteiger partial charge in [-0.1, -0.05) is 78.9 Å². The van der Waals surface area contributed by atoms with Gasteiger partial charge in [0.25, 0.3) is 5.91 Å². The Hall–Kier alpha value is -3.05. The van der Waals surface area contributed by atoms with Gasteiger partial charge < -0.3 is 0 Å². The predicted octanol–water partition coefficient (Wildman–Crippen LogP) is 3.91. The minimum Gasteiger partial charge on any atom is -0.273 e. The lowest BCUT2D eigenvalue weighted by Crippen LogP contribution is -2.44. The molecule has 0 radical (unpaired) electrons. The Balaban J connectivity index is 1.65. The van der Waals surface area contributed by atoms with Crippen molar-refractivity contribution in [1.82, 2.24) is 10.9 Å². The quantitative estimate of drug-likeness (QED) is 0.507. The van der Waals surface area contributed by atoms with Gasteiger partial charge in [0.05, 0.1) is 6.42 Å². The molecule has 0 saturated carbocycles. The number of hydrazine groups is 1. The van der Waals surface area contributed by atoms with Crippen molar-refractivity contribution in [2.45, 2.75) is 16.6 Å². The van der Waals surface area contributed by atoms with Crippen molar-refractivity contribution in [2.24, 2.45) is 0 Å². The average molecular weight is 376 g/mol. The van der Waals surface area contributed by atoms with Gasteiger partial charge in [0, 0.05) is 4.90 Å². The van der Waals surface area contributed by atoms with Crippen LogP contribution in [-0.2, 0) is 16.0 Å². The van der Waals surface area contributed by atoms with Gasteiger partial charge in [-0.15, -0.1) is 11.8 Å². The third-order valence-electron chi connectivity index (χ3n) is 3.87. The highest BCUT2D eigenvalue weighted by molar-refractivity contribution is 8.00. The molecular formula is C22H20N2O2S. The van der Waals surface area contributed by atoms with Crippen LogP contribution in [0.4, 0.5) is 0 Å². The van der Waals surface area contributed by atoms with E-state index in [1.165, 1.54) is 11.8 Å². The summed E-state index contributed by atoms with van der Waals surface area (Å²) in [7, 11) is 0. The molecule has 4 nitrogen and oxygen atoms in total. The summed E-state index contributed by atoms with van der Waals surface area (Å²) < 4.78 is 0. The van der Waals surface area contributed by atoms with E-state index < -0.39 is 5.25 Å². The number of carbonyl (C=O) groups is 2. The van der Waals surface area contributed by atoms with Gasteiger partial charge in [0.15, 0.2) is 0 Å². The minimum absolute atomic E-state index is 0.211. The molecule has 0 aliphatic carbocycles. The van der Waals surface area contributed by atoms with Crippen molar-refractivity contribution in [1.29, 1.82) is 0 Å². The van der Waals surface area contributed by atoms with E-state index in [0.717, 1.165) is 16.0 Å². The number of benzene rings is 3. The summed E-state index contributed by atoms with van der Waals surface area (Å²) in [5.74, 6) is -0.525. The maximum atomic E-state index is 12.8. The molecule has 0 aliphatic heterocycles. The lowest BCUT2D eigenvalue weighted by Gasteiger charge is -2.17. The molecule has 0 saturated heterocycles. The summed E-state index contributed by atoms with van der Waals surface area (Å²) in [4.78, 5) is 25.8. The van der Waals surface area contributed by atoms with Crippen LogP contribution in [0.5, 0.6) is 0 Å². The van der Waals surface area contributed by atoms with Crippen molar-refractivity contribution in [3.05, 3.63) is 102 Å². The number of rotatable bonds is 6. The van der Waals surface area contributed by atoms with Crippen molar-refractivity contribution < 1.29 is 9.59 Å². The number of amides is 2. The largest absolute Gasteiger partial charge is 0.273 e. The van der Waals surface area contributed by atoms with E-state index in [9.17, 15) is 9.59 Å². The lowest BCUT2D eigenvalue weighted by atomic mass is 10.1. The van der Waals surface area contributed by atoms with Gasteiger partial charge >= 0.3 is 0 Å². The van der Waals surface area contributed by atoms with E-state index in [1.54, 1.807) is 0 Å². The van der Waals surface area contributed by atoms with Crippen LogP contribution in [0.2, 0.25) is 0 Å². The highest BCUT2D eigenvalue weighted by atomic mass is 32.2. The average Bonchev–Trinajstić information content (AvgIpc) is 2.72. The van der Waals surface area contributed by atoms with Crippen molar-refractivity contribution in [2.75, 3.05) is 0 Å². The van der Waals surface area contributed by atoms with Gasteiger partial charge in [-0.05, 0) is 23.3 Å². The van der Waals surface area contributed by atoms with Crippen LogP contribution in [-0.4, -0.2) is 11.8 Å². The molecule has 3 aromatic carbocycles. The second-order valence-corrected chi connectivity index (χ2v) is 7.10. The summed E-state index contributed by atoms with van der Waals surface area (Å²) >= 11 is 1.44. The molecule has 3 rings (SSSR count). The first-order chi connectivity index (χ1) is 13.2. The van der Waals surface area contributed by atoms with E-state index in [0.29, 0.717) is 0 Å². The third kappa shape index (κ3) is 5.72. The monoisotopic (exact) mass is 376 g/mol. The van der Waals surface area contributed by atoms with Gasteiger partial charge in [-0.25, -0.2) is 0 Å². The highest BCUT2D eigenvalue weighted by Crippen LogP contribution is 2.35. The molecule has 2 amide bonds. The summed E-state index contributed by atoms with van der Waals surface area (Å²) in [6, 6.07) is 28.7. The van der Waals surface area contributed by atoms with Gasteiger partial charge in [0.1, 0.15) is 5.25 Å². The van der Waals surface area contributed by atoms with E-state index in [4.69, 9.17) is 0 Å². The third-order valence-corrected chi connectivity index (χ3v) is 5.14. The highest BCUT2D eigenvalue weighted by Gasteiger charge is 2.22. The molecule has 0 bridgehead atoms. The Morgan fingerprint density at radius 1 is 0.741 bits per heavy atom. The second-order valence-electron chi connectivity index (χ2n) is 5.92. The van der Waals surface area contributed by atoms with Crippen LogP contribution in [0.25, 0.3) is 0 Å². The number of hydrogen-bond donors (Lipinski definition) is 2. The van der Waals surface area contributed by atoms with Crippen LogP contribution < -0.4 is 10.9 Å². The Bertz CT molecular complexity index is 871. The Morgan fingerprint density at radius 3 is 1.93 bits per heavy atom. The standard InChI is InChI=1S/C22H20N2O2S/c25-20(16-17-10-4-1-5-11-17)23-24-22(26)21(18-12-6-2-7-13-18)27-19-14-8-3-9-15-19/h1-15,21H,16H2,(H,23,25)(H,24,26)/t21-/m1/s1. The van der Waals surface area contributed by atoms with E-state index in [2.05, 4.69) is 10.9 Å². The van der Waals surface area contributed by atoms with Crippen LogP contribution in [0.15, 0.2) is 95.9 Å². The zero-order valence-electron chi connectivity index (χ0n) is 14.7. The number of nitrogens with one attached hydrogen (secondary N) is 2. The number of hydrogen-bond acceptors (Lipinski definition) is 3. The van der Waals surface area contributed by atoms with Gasteiger partial charge in [-0.2, -0.15) is 0 Å². The molecule has 0 spiro atoms. The topological polar surface area (TPSA) is 58.2 Å². The molecule has 1 atom stereocenters. The summed E-state index contributed by atoms with van der Waals surface area (Å²) in [6.07, 6.45) is 0.211. The number of carbonyl (C=O) groups excluding carboxylic acids is 2. The molecular weight excluding hydrogens is 356 g/mol. The van der Waals surface area contributed by atoms with Crippen molar-refractivity contribution in [3.8, 4) is 0 Å². The zero-order valence-corrected chi connectivity index (χ0v) is 15.5. The van der Waals surface area contributed by atoms with Gasteiger partial charge in [-0.3, -0.25) is 20.4 Å². The minimum atomic E-state index is -0.467. The molecule has 0 unspecified atom stereocenters. The number of thioether (sulfide) groups is 1. The summed E-state index contributed by atoms with van der Waals surface area (Å²) in [5, 5.41) is -0.467. The summed E-state index contributed by atoms with van der Waals surface area (Å²) in [6.45, 7) is 0. The first-order valence-corrected chi connectivity index (χ1v) is 9.49. The van der Waals surface area contributed by atoms with E-state index in [1.807, 2.05) is 91.0 Å². The first-order valence-electron chi connectivity index (χ1n) is 8.61. The molecule has 136 valence electrons. The van der Waals surface area contributed by atoms with Crippen LogP contribution in [0, 0.1) is 0 Å². The van der Waals surface area contributed by atoms with Crippen molar-refractivity contribution in [3.63, 3.8) is 0 Å². The van der Waals surface area contributed by atoms with E-state index in [-0.39, 0.29) is 18.2 Å². The van der Waals surface area contributed by atoms with Crippen LogP contribution in [0.3, 0.4) is 0 Å². The molecule has 3 aromatic rings. The molecule has 0 heterocycles. The van der Waals surface area contributed by atoms with Gasteiger partial charge in [0.2, 0.25) is 5.91 Å². The van der Waals surface area contributed by atoms with Crippen LogP contribution >= 0.6 is 11.8 Å². The second kappa shape index (κ2) is 9.59. The molecule has 0 aliphatic rings. The normalized spacial score (nSPS) is 11.4.